The topological polar surface area (TPSA) is 133 Å². The minimum absolute atomic E-state index is 0.0427. The van der Waals surface area contributed by atoms with E-state index in [2.05, 4.69) is 29.1 Å². The van der Waals surface area contributed by atoms with Crippen LogP contribution in [0.25, 0.3) is 33.3 Å². The number of hydrogen-bond donors (Lipinski definition) is 2. The van der Waals surface area contributed by atoms with Crippen molar-refractivity contribution >= 4 is 32.4 Å². The number of anilines is 2. The molecule has 1 saturated carbocycles. The van der Waals surface area contributed by atoms with E-state index in [1.165, 1.54) is 42.5 Å². The van der Waals surface area contributed by atoms with E-state index in [-0.39, 0.29) is 23.3 Å². The molecular weight excluding hydrogens is 633 g/mol. The van der Waals surface area contributed by atoms with Crippen LogP contribution >= 0.6 is 0 Å². The van der Waals surface area contributed by atoms with Crippen LogP contribution in [0.4, 0.5) is 24.7 Å². The van der Waals surface area contributed by atoms with Crippen molar-refractivity contribution < 1.29 is 26.3 Å². The number of hydrogen-bond acceptors (Lipinski definition) is 8. The van der Waals surface area contributed by atoms with Crippen molar-refractivity contribution in [2.24, 2.45) is 7.05 Å². The van der Waals surface area contributed by atoms with Gasteiger partial charge in [-0.25, -0.2) is 17.8 Å². The maximum atomic E-state index is 13.5. The maximum absolute atomic E-state index is 13.5. The molecule has 5 aromatic rings. The summed E-state index contributed by atoms with van der Waals surface area (Å²) in [4.78, 5) is 6.72. The average Bonchev–Trinajstić information content (AvgIpc) is 3.78. The number of benzene rings is 2. The second-order valence-electron chi connectivity index (χ2n) is 12.0. The summed E-state index contributed by atoms with van der Waals surface area (Å²) in [6.45, 7) is 1.67. The van der Waals surface area contributed by atoms with Crippen LogP contribution in [0.3, 0.4) is 0 Å². The molecule has 47 heavy (non-hydrogen) atoms. The van der Waals surface area contributed by atoms with Gasteiger partial charge >= 0.3 is 5.76 Å². The Labute approximate surface area is 270 Å². The Hall–Kier alpha value is -4.63. The number of fused-ring (bicyclic) bond motifs is 1. The van der Waals surface area contributed by atoms with Crippen LogP contribution in [-0.4, -0.2) is 63.8 Å². The predicted molar refractivity (Wildman–Crippen MR) is 174 cm³/mol. The summed E-state index contributed by atoms with van der Waals surface area (Å²) in [5, 5.41) is 9.97. The first-order valence-electron chi connectivity index (χ1n) is 15.0. The number of rotatable bonds is 10. The van der Waals surface area contributed by atoms with Gasteiger partial charge in [0.15, 0.2) is 0 Å². The van der Waals surface area contributed by atoms with E-state index in [1.807, 2.05) is 15.6 Å². The lowest BCUT2D eigenvalue weighted by molar-refractivity contribution is 0.228. The lowest BCUT2D eigenvalue weighted by atomic mass is 10.0. The van der Waals surface area contributed by atoms with Crippen LogP contribution in [-0.2, 0) is 17.1 Å². The van der Waals surface area contributed by atoms with Crippen LogP contribution in [0.15, 0.2) is 61.1 Å². The van der Waals surface area contributed by atoms with Crippen LogP contribution in [0.1, 0.15) is 43.9 Å². The number of nitrogens with two attached hydrogens (primary N) is 1. The second kappa shape index (κ2) is 12.5. The van der Waals surface area contributed by atoms with Gasteiger partial charge in [-0.15, -0.1) is 0 Å². The molecule has 11 nitrogen and oxygen atoms in total. The molecule has 1 aliphatic rings. The first kappa shape index (κ1) is 32.3. The molecule has 1 fully saturated rings. The summed E-state index contributed by atoms with van der Waals surface area (Å²) < 4.78 is 76.1. The average molecular weight is 669 g/mol. The lowest BCUT2D eigenvalue weighted by Crippen LogP contribution is -2.25. The summed E-state index contributed by atoms with van der Waals surface area (Å²) in [7, 11) is 0.944. The highest BCUT2D eigenvalue weighted by atomic mass is 32.2. The highest BCUT2D eigenvalue weighted by Gasteiger charge is 2.29. The minimum atomic E-state index is -5.02. The molecule has 1 aliphatic carbocycles. The lowest BCUT2D eigenvalue weighted by Gasteiger charge is -2.19. The summed E-state index contributed by atoms with van der Waals surface area (Å²) in [5.41, 5.74) is 10.0. The van der Waals surface area contributed by atoms with Gasteiger partial charge in [-0.05, 0) is 70.1 Å². The maximum Gasteiger partial charge on any atom is 0.355 e. The SMILES string of the molecule is C[C@H](Oc1cc(-c2nn(C)c3c(-c4cnn(C5CCC(N(C)C)C5)c4)cnc(N)c23)ccc1NS(=O)(=O)C(F)F)c1ccc(F)cc1. The van der Waals surface area contributed by atoms with Crippen LogP contribution in [0.2, 0.25) is 0 Å². The molecule has 3 N–H and O–H groups in total. The first-order chi connectivity index (χ1) is 22.3. The smallest absolute Gasteiger partial charge is 0.355 e. The number of halogens is 3. The molecule has 6 rings (SSSR count). The van der Waals surface area contributed by atoms with Crippen LogP contribution in [0, 0.1) is 5.82 Å². The predicted octanol–water partition coefficient (Wildman–Crippen LogP) is 5.98. The molecule has 0 amide bonds. The van der Waals surface area contributed by atoms with Crippen LogP contribution in [0.5, 0.6) is 5.75 Å². The fraction of sp³-hybridized carbons (Fsp3) is 0.344. The quantitative estimate of drug-likeness (QED) is 0.186. The molecule has 3 heterocycles. The van der Waals surface area contributed by atoms with Crippen LogP contribution < -0.4 is 15.2 Å². The molecule has 0 radical (unpaired) electrons. The van der Waals surface area contributed by atoms with Gasteiger partial charge in [0, 0.05) is 42.2 Å². The number of sulfonamides is 1. The number of ether oxygens (including phenoxy) is 1. The molecule has 2 unspecified atom stereocenters. The molecule has 3 aromatic heterocycles. The molecule has 248 valence electrons. The molecular formula is C32H35F3N8O3S. The number of nitrogens with zero attached hydrogens (tertiary/aromatic N) is 6. The third kappa shape index (κ3) is 6.37. The van der Waals surface area contributed by atoms with Crippen molar-refractivity contribution in [3.05, 3.63) is 72.4 Å². The Morgan fingerprint density at radius 1 is 1.09 bits per heavy atom. The first-order valence-corrected chi connectivity index (χ1v) is 16.6. The van der Waals surface area contributed by atoms with Gasteiger partial charge in [0.05, 0.1) is 28.8 Å². The van der Waals surface area contributed by atoms with Gasteiger partial charge in [-0.1, -0.05) is 18.2 Å². The van der Waals surface area contributed by atoms with E-state index >= 15 is 0 Å². The molecule has 0 spiro atoms. The molecule has 0 bridgehead atoms. The highest BCUT2D eigenvalue weighted by molar-refractivity contribution is 7.93. The molecule has 0 aliphatic heterocycles. The van der Waals surface area contributed by atoms with Crippen molar-refractivity contribution in [2.45, 2.75) is 50.1 Å². The Bertz CT molecular complexity index is 2030. The van der Waals surface area contributed by atoms with Crippen molar-refractivity contribution in [1.29, 1.82) is 0 Å². The van der Waals surface area contributed by atoms with E-state index in [9.17, 15) is 21.6 Å². The summed E-state index contributed by atoms with van der Waals surface area (Å²) >= 11 is 0. The van der Waals surface area contributed by atoms with Crippen molar-refractivity contribution in [1.82, 2.24) is 29.4 Å². The molecule has 3 atom stereocenters. The molecule has 15 heteroatoms. The highest BCUT2D eigenvalue weighted by Crippen LogP contribution is 2.41. The number of nitrogen functional groups attached to an aromatic ring is 1. The number of alkyl halides is 2. The van der Waals surface area contributed by atoms with E-state index in [1.54, 1.807) is 31.0 Å². The number of aryl methyl sites for hydroxylation is 1. The van der Waals surface area contributed by atoms with E-state index in [0.29, 0.717) is 33.8 Å². The second-order valence-corrected chi connectivity index (χ2v) is 13.6. The normalized spacial score (nSPS) is 17.6. The third-order valence-corrected chi connectivity index (χ3v) is 9.64. The summed E-state index contributed by atoms with van der Waals surface area (Å²) in [6, 6.07) is 10.7. The number of nitrogens with one attached hydrogen (secondary N) is 1. The largest absolute Gasteiger partial charge is 0.484 e. The fourth-order valence-electron chi connectivity index (χ4n) is 6.11. The number of pyridine rings is 1. The molecule has 2 aromatic carbocycles. The van der Waals surface area contributed by atoms with Gasteiger partial charge < -0.3 is 15.4 Å². The van der Waals surface area contributed by atoms with E-state index < -0.39 is 27.7 Å². The summed E-state index contributed by atoms with van der Waals surface area (Å²) in [5.74, 6) is -3.93. The van der Waals surface area contributed by atoms with Crippen molar-refractivity contribution in [3.8, 4) is 28.1 Å². The Morgan fingerprint density at radius 2 is 1.83 bits per heavy atom. The zero-order valence-corrected chi connectivity index (χ0v) is 27.0. The van der Waals surface area contributed by atoms with E-state index in [4.69, 9.17) is 15.6 Å². The van der Waals surface area contributed by atoms with Gasteiger partial charge in [0.25, 0.3) is 10.0 Å². The third-order valence-electron chi connectivity index (χ3n) is 8.67. The van der Waals surface area contributed by atoms with Crippen molar-refractivity contribution in [3.63, 3.8) is 0 Å². The Balaban J connectivity index is 1.40. The summed E-state index contributed by atoms with van der Waals surface area (Å²) in [6.07, 6.45) is 7.93. The zero-order valence-electron chi connectivity index (χ0n) is 26.2. The minimum Gasteiger partial charge on any atom is -0.484 e. The Morgan fingerprint density at radius 3 is 2.51 bits per heavy atom. The fourth-order valence-corrected chi connectivity index (χ4v) is 6.68. The zero-order chi connectivity index (χ0) is 33.6. The molecule has 0 saturated heterocycles. The standard InChI is InChI=1S/C32H35F3N8O3S/c1-18(19-5-8-22(33)9-6-19)46-27-13-20(7-12-26(27)40-47(44,45)32(34)35)29-28-30(42(4)39-29)25(16-37-31(28)36)21-15-38-43(17-21)24-11-10-23(14-24)41(2)3/h5-9,12-13,15-18,23-24,32,40H,10-11,14H2,1-4H3,(H2,36,37)/t18-,23?,24?/m0/s1. The van der Waals surface area contributed by atoms with E-state index in [0.717, 1.165) is 30.4 Å². The van der Waals surface area contributed by atoms with Gasteiger partial charge in [-0.3, -0.25) is 14.1 Å². The number of aromatic nitrogens is 5. The monoisotopic (exact) mass is 668 g/mol. The van der Waals surface area contributed by atoms with Gasteiger partial charge in [0.1, 0.15) is 29.2 Å². The Kier molecular flexibility index (Phi) is 8.61. The van der Waals surface area contributed by atoms with Crippen molar-refractivity contribution in [2.75, 3.05) is 24.6 Å². The van der Waals surface area contributed by atoms with Gasteiger partial charge in [-0.2, -0.15) is 19.0 Å². The van der Waals surface area contributed by atoms with Gasteiger partial charge in [0.2, 0.25) is 0 Å².